The molecule has 0 unspecified atom stereocenters. The zero-order chi connectivity index (χ0) is 12.2. The quantitative estimate of drug-likeness (QED) is 0.855. The van der Waals surface area contributed by atoms with Crippen LogP contribution in [0.15, 0.2) is 24.7 Å². The molecule has 2 N–H and O–H groups in total. The average molecular weight is 243 g/mol. The fraction of sp³-hybridized carbons (Fsp3) is 0.462. The lowest BCUT2D eigenvalue weighted by molar-refractivity contribution is 0.373. The first kappa shape index (κ1) is 11.3. The van der Waals surface area contributed by atoms with Crippen LogP contribution in [0.25, 0.3) is 11.4 Å². The predicted molar refractivity (Wildman–Crippen MR) is 68.9 cm³/mol. The molecule has 3 rings (SSSR count). The summed E-state index contributed by atoms with van der Waals surface area (Å²) in [6.45, 7) is 2.24. The van der Waals surface area contributed by atoms with E-state index in [2.05, 4.69) is 25.5 Å². The van der Waals surface area contributed by atoms with Crippen molar-refractivity contribution in [1.29, 1.82) is 0 Å². The molecule has 0 aromatic carbocycles. The molecule has 0 saturated carbocycles. The first-order valence-electron chi connectivity index (χ1n) is 6.43. The molecule has 2 aromatic rings. The summed E-state index contributed by atoms with van der Waals surface area (Å²) in [5.41, 5.74) is 2.86. The molecule has 0 aliphatic carbocycles. The molecule has 0 bridgehead atoms. The number of nitrogens with one attached hydrogen (secondary N) is 2. The van der Waals surface area contributed by atoms with Crippen LogP contribution in [0.4, 0.5) is 0 Å². The Labute approximate surface area is 106 Å². The van der Waals surface area contributed by atoms with Gasteiger partial charge in [-0.05, 0) is 44.3 Å². The molecular weight excluding hydrogens is 226 g/mol. The number of hydrogen-bond donors (Lipinski definition) is 2. The van der Waals surface area contributed by atoms with Crippen molar-refractivity contribution in [2.24, 2.45) is 5.92 Å². The second-order valence-electron chi connectivity index (χ2n) is 4.78. The molecule has 1 saturated heterocycles. The number of rotatable bonds is 3. The Morgan fingerprint density at radius 1 is 1.33 bits per heavy atom. The Balaban J connectivity index is 1.74. The molecule has 0 radical (unpaired) electrons. The number of piperidine rings is 1. The third kappa shape index (κ3) is 2.56. The van der Waals surface area contributed by atoms with Crippen molar-refractivity contribution < 1.29 is 0 Å². The number of H-pyrrole nitrogens is 1. The highest BCUT2D eigenvalue weighted by Crippen LogP contribution is 2.17. The first-order chi connectivity index (χ1) is 8.92. The van der Waals surface area contributed by atoms with Crippen LogP contribution < -0.4 is 5.32 Å². The van der Waals surface area contributed by atoms with Crippen molar-refractivity contribution in [2.45, 2.75) is 19.3 Å². The molecule has 1 fully saturated rings. The van der Waals surface area contributed by atoms with Gasteiger partial charge in [0.1, 0.15) is 5.69 Å². The molecule has 1 atom stereocenters. The lowest BCUT2D eigenvalue weighted by Crippen LogP contribution is -2.31. The summed E-state index contributed by atoms with van der Waals surface area (Å²) in [5.74, 6) is 0.685. The van der Waals surface area contributed by atoms with E-state index in [1.165, 1.54) is 12.8 Å². The lowest BCUT2D eigenvalue weighted by Gasteiger charge is -2.22. The second kappa shape index (κ2) is 5.27. The van der Waals surface area contributed by atoms with Crippen LogP contribution in [-0.2, 0) is 6.42 Å². The van der Waals surface area contributed by atoms with Gasteiger partial charge in [0.25, 0.3) is 0 Å². The molecule has 1 aliphatic heterocycles. The molecule has 3 heterocycles. The fourth-order valence-electron chi connectivity index (χ4n) is 2.43. The maximum Gasteiger partial charge on any atom is 0.107 e. The van der Waals surface area contributed by atoms with E-state index in [0.717, 1.165) is 36.6 Å². The predicted octanol–water partition coefficient (Wildman–Crippen LogP) is 1.41. The minimum Gasteiger partial charge on any atom is -0.316 e. The summed E-state index contributed by atoms with van der Waals surface area (Å²) in [5, 5.41) is 10.3. The van der Waals surface area contributed by atoms with Gasteiger partial charge in [-0.3, -0.25) is 10.1 Å². The summed E-state index contributed by atoms with van der Waals surface area (Å²) >= 11 is 0. The minimum absolute atomic E-state index is 0.685. The molecule has 1 aliphatic rings. The van der Waals surface area contributed by atoms with E-state index in [4.69, 9.17) is 0 Å². The van der Waals surface area contributed by atoms with Gasteiger partial charge in [0, 0.05) is 12.4 Å². The van der Waals surface area contributed by atoms with Crippen LogP contribution in [0.2, 0.25) is 0 Å². The summed E-state index contributed by atoms with van der Waals surface area (Å²) in [6.07, 6.45) is 8.92. The molecule has 0 amide bonds. The monoisotopic (exact) mass is 243 g/mol. The van der Waals surface area contributed by atoms with Gasteiger partial charge >= 0.3 is 0 Å². The minimum atomic E-state index is 0.685. The zero-order valence-corrected chi connectivity index (χ0v) is 10.3. The molecule has 18 heavy (non-hydrogen) atoms. The van der Waals surface area contributed by atoms with E-state index in [1.54, 1.807) is 12.4 Å². The largest absolute Gasteiger partial charge is 0.316 e. The smallest absolute Gasteiger partial charge is 0.107 e. The number of nitrogens with zero attached hydrogens (tertiary/aromatic N) is 3. The van der Waals surface area contributed by atoms with Crippen LogP contribution in [0, 0.1) is 5.92 Å². The molecule has 5 nitrogen and oxygen atoms in total. The van der Waals surface area contributed by atoms with Gasteiger partial charge in [-0.2, -0.15) is 5.10 Å². The highest BCUT2D eigenvalue weighted by molar-refractivity contribution is 5.51. The maximum absolute atomic E-state index is 4.65. The Kier molecular flexibility index (Phi) is 3.32. The standard InChI is InChI=1S/C13H17N5/c1-2-10(7-14-4-1)6-11-8-15-9-13(17-11)12-3-5-16-18-12/h3,5,8-10,14H,1-2,4,6-7H2,(H,16,18)/t10-/m0/s1. The van der Waals surface area contributed by atoms with E-state index >= 15 is 0 Å². The van der Waals surface area contributed by atoms with Crippen LogP contribution in [0.1, 0.15) is 18.5 Å². The van der Waals surface area contributed by atoms with E-state index in [-0.39, 0.29) is 0 Å². The number of aromatic amines is 1. The van der Waals surface area contributed by atoms with Crippen LogP contribution in [0.5, 0.6) is 0 Å². The summed E-state index contributed by atoms with van der Waals surface area (Å²) in [6, 6.07) is 1.91. The zero-order valence-electron chi connectivity index (χ0n) is 10.3. The fourth-order valence-corrected chi connectivity index (χ4v) is 2.43. The van der Waals surface area contributed by atoms with Crippen molar-refractivity contribution in [2.75, 3.05) is 13.1 Å². The van der Waals surface area contributed by atoms with Crippen molar-refractivity contribution in [1.82, 2.24) is 25.5 Å². The van der Waals surface area contributed by atoms with Gasteiger partial charge in [-0.25, -0.2) is 4.98 Å². The van der Waals surface area contributed by atoms with Crippen molar-refractivity contribution >= 4 is 0 Å². The Bertz CT molecular complexity index is 488. The maximum atomic E-state index is 4.65. The first-order valence-corrected chi connectivity index (χ1v) is 6.43. The highest BCUT2D eigenvalue weighted by Gasteiger charge is 2.14. The van der Waals surface area contributed by atoms with Gasteiger partial charge in [0.15, 0.2) is 0 Å². The van der Waals surface area contributed by atoms with E-state index < -0.39 is 0 Å². The van der Waals surface area contributed by atoms with Gasteiger partial charge in [-0.15, -0.1) is 0 Å². The van der Waals surface area contributed by atoms with Gasteiger partial charge in [0.05, 0.1) is 17.6 Å². The second-order valence-corrected chi connectivity index (χ2v) is 4.78. The Morgan fingerprint density at radius 3 is 3.11 bits per heavy atom. The Hall–Kier alpha value is -1.75. The summed E-state index contributed by atoms with van der Waals surface area (Å²) < 4.78 is 0. The molecule has 2 aromatic heterocycles. The van der Waals surface area contributed by atoms with E-state index in [9.17, 15) is 0 Å². The van der Waals surface area contributed by atoms with Crippen molar-refractivity contribution in [3.63, 3.8) is 0 Å². The van der Waals surface area contributed by atoms with E-state index in [0.29, 0.717) is 5.92 Å². The molecule has 5 heteroatoms. The highest BCUT2D eigenvalue weighted by atomic mass is 15.1. The van der Waals surface area contributed by atoms with Crippen LogP contribution in [-0.4, -0.2) is 33.3 Å². The number of hydrogen-bond acceptors (Lipinski definition) is 4. The Morgan fingerprint density at radius 2 is 2.33 bits per heavy atom. The third-order valence-electron chi connectivity index (χ3n) is 3.36. The number of aromatic nitrogens is 4. The normalized spacial score (nSPS) is 19.9. The van der Waals surface area contributed by atoms with Crippen molar-refractivity contribution in [3.8, 4) is 11.4 Å². The van der Waals surface area contributed by atoms with Crippen molar-refractivity contribution in [3.05, 3.63) is 30.4 Å². The average Bonchev–Trinajstić information content (AvgIpc) is 2.94. The lowest BCUT2D eigenvalue weighted by atomic mass is 9.95. The van der Waals surface area contributed by atoms with Gasteiger partial charge in [0.2, 0.25) is 0 Å². The topological polar surface area (TPSA) is 66.5 Å². The molecule has 0 spiro atoms. The molecular formula is C13H17N5. The summed E-state index contributed by atoms with van der Waals surface area (Å²) in [4.78, 5) is 8.92. The van der Waals surface area contributed by atoms with Gasteiger partial charge < -0.3 is 5.32 Å². The van der Waals surface area contributed by atoms with Crippen LogP contribution in [0.3, 0.4) is 0 Å². The van der Waals surface area contributed by atoms with E-state index in [1.807, 2.05) is 12.3 Å². The third-order valence-corrected chi connectivity index (χ3v) is 3.36. The van der Waals surface area contributed by atoms with Gasteiger partial charge in [-0.1, -0.05) is 0 Å². The summed E-state index contributed by atoms with van der Waals surface area (Å²) in [7, 11) is 0. The van der Waals surface area contributed by atoms with Crippen LogP contribution >= 0.6 is 0 Å². The SMILES string of the molecule is c1cc(-c2cncc(C[C@@H]3CCCNC3)n2)[nH]n1. The molecule has 94 valence electrons.